The number of rotatable bonds is 9. The number of carbonyl (C=O) groups excluding carboxylic acids is 1. The predicted octanol–water partition coefficient (Wildman–Crippen LogP) is 2.87. The molecule has 0 bridgehead atoms. The third kappa shape index (κ3) is 6.47. The first-order valence-electron chi connectivity index (χ1n) is 10.1. The van der Waals surface area contributed by atoms with Crippen molar-refractivity contribution in [3.05, 3.63) is 48.5 Å². The van der Waals surface area contributed by atoms with Gasteiger partial charge < -0.3 is 10.2 Å². The molecule has 1 fully saturated rings. The maximum absolute atomic E-state index is 12.1. The largest absolute Gasteiger partial charge is 0.352 e. The maximum Gasteiger partial charge on any atom is 0.220 e. The molecule has 1 aliphatic rings. The predicted molar refractivity (Wildman–Crippen MR) is 106 cm³/mol. The molecule has 1 amide bonds. The molecule has 27 heavy (non-hydrogen) atoms. The summed E-state index contributed by atoms with van der Waals surface area (Å²) in [4.78, 5) is 18.7. The Hall–Kier alpha value is -2.21. The molecule has 0 aliphatic carbocycles. The number of likely N-dealkylation sites (tertiary alicyclic amines) is 1. The van der Waals surface area contributed by atoms with Gasteiger partial charge in [-0.05, 0) is 69.3 Å². The second kappa shape index (κ2) is 10.2. The minimum Gasteiger partial charge on any atom is -0.352 e. The van der Waals surface area contributed by atoms with E-state index in [-0.39, 0.29) is 5.91 Å². The molecule has 3 rings (SSSR count). The molecule has 6 nitrogen and oxygen atoms in total. The van der Waals surface area contributed by atoms with Crippen molar-refractivity contribution in [1.82, 2.24) is 25.0 Å². The Balaban J connectivity index is 1.29. The topological polar surface area (TPSA) is 63.1 Å². The van der Waals surface area contributed by atoms with Gasteiger partial charge in [0.2, 0.25) is 5.91 Å². The highest BCUT2D eigenvalue weighted by Crippen LogP contribution is 2.24. The third-order valence-corrected chi connectivity index (χ3v) is 5.60. The van der Waals surface area contributed by atoms with Gasteiger partial charge in [-0.25, -0.2) is 0 Å². The number of aryl methyl sites for hydroxylation is 1. The van der Waals surface area contributed by atoms with E-state index in [2.05, 4.69) is 27.2 Å². The molecule has 0 radical (unpaired) electrons. The summed E-state index contributed by atoms with van der Waals surface area (Å²) < 4.78 is 2.01. The molecule has 2 aromatic rings. The molecule has 1 aliphatic heterocycles. The lowest BCUT2D eigenvalue weighted by molar-refractivity contribution is -0.121. The van der Waals surface area contributed by atoms with Gasteiger partial charge in [-0.3, -0.25) is 14.5 Å². The molecular formula is C21H31N5O. The van der Waals surface area contributed by atoms with Crippen LogP contribution in [0, 0.1) is 5.92 Å². The van der Waals surface area contributed by atoms with E-state index in [1.807, 2.05) is 35.3 Å². The van der Waals surface area contributed by atoms with Crippen molar-refractivity contribution in [3.63, 3.8) is 0 Å². The van der Waals surface area contributed by atoms with Crippen LogP contribution in [0.1, 0.15) is 44.6 Å². The summed E-state index contributed by atoms with van der Waals surface area (Å²) in [5, 5.41) is 7.28. The van der Waals surface area contributed by atoms with Crippen LogP contribution >= 0.6 is 0 Å². The van der Waals surface area contributed by atoms with Gasteiger partial charge in [0.1, 0.15) is 0 Å². The maximum atomic E-state index is 12.1. The molecule has 2 aromatic heterocycles. The minimum atomic E-state index is 0.147. The third-order valence-electron chi connectivity index (χ3n) is 5.60. The molecule has 0 saturated carbocycles. The van der Waals surface area contributed by atoms with Crippen LogP contribution in [0.3, 0.4) is 0 Å². The first-order valence-corrected chi connectivity index (χ1v) is 10.1. The Morgan fingerprint density at radius 1 is 1.30 bits per heavy atom. The van der Waals surface area contributed by atoms with Crippen molar-refractivity contribution in [2.24, 2.45) is 5.92 Å². The lowest BCUT2D eigenvalue weighted by Gasteiger charge is -2.36. The van der Waals surface area contributed by atoms with Crippen LogP contribution in [0.5, 0.6) is 0 Å². The van der Waals surface area contributed by atoms with Gasteiger partial charge in [-0.1, -0.05) is 6.07 Å². The molecule has 146 valence electrons. The molecule has 0 spiro atoms. The van der Waals surface area contributed by atoms with Gasteiger partial charge in [-0.15, -0.1) is 0 Å². The average Bonchev–Trinajstić information content (AvgIpc) is 3.24. The number of pyridine rings is 1. The van der Waals surface area contributed by atoms with Crippen molar-refractivity contribution in [3.8, 4) is 0 Å². The number of hydrogen-bond donors (Lipinski definition) is 1. The van der Waals surface area contributed by atoms with Crippen LogP contribution in [-0.4, -0.2) is 44.7 Å². The highest BCUT2D eigenvalue weighted by atomic mass is 16.1. The zero-order valence-corrected chi connectivity index (χ0v) is 16.3. The Bertz CT molecular complexity index is 665. The highest BCUT2D eigenvalue weighted by Gasteiger charge is 2.23. The second-order valence-electron chi connectivity index (χ2n) is 7.56. The zero-order valence-electron chi connectivity index (χ0n) is 16.3. The van der Waals surface area contributed by atoms with E-state index in [9.17, 15) is 4.79 Å². The minimum absolute atomic E-state index is 0.147. The number of piperidine rings is 1. The van der Waals surface area contributed by atoms with Gasteiger partial charge in [0.25, 0.3) is 0 Å². The van der Waals surface area contributed by atoms with Crippen LogP contribution in [0.15, 0.2) is 43.0 Å². The van der Waals surface area contributed by atoms with Crippen LogP contribution < -0.4 is 5.32 Å². The number of hydrogen-bond acceptors (Lipinski definition) is 4. The first kappa shape index (κ1) is 19.5. The summed E-state index contributed by atoms with van der Waals surface area (Å²) in [5.74, 6) is 0.817. The van der Waals surface area contributed by atoms with Crippen LogP contribution in [0.25, 0.3) is 0 Å². The molecule has 3 heterocycles. The van der Waals surface area contributed by atoms with Gasteiger partial charge in [0.15, 0.2) is 0 Å². The lowest BCUT2D eigenvalue weighted by Crippen LogP contribution is -2.40. The van der Waals surface area contributed by atoms with Crippen LogP contribution in [0.4, 0.5) is 0 Å². The molecule has 1 atom stereocenters. The van der Waals surface area contributed by atoms with E-state index >= 15 is 0 Å². The van der Waals surface area contributed by atoms with E-state index in [4.69, 9.17) is 0 Å². The smallest absolute Gasteiger partial charge is 0.220 e. The van der Waals surface area contributed by atoms with Gasteiger partial charge in [-0.2, -0.15) is 5.10 Å². The quantitative estimate of drug-likeness (QED) is 0.738. The Morgan fingerprint density at radius 2 is 2.15 bits per heavy atom. The molecule has 1 saturated heterocycles. The summed E-state index contributed by atoms with van der Waals surface area (Å²) in [7, 11) is 0. The molecule has 1 N–H and O–H groups in total. The van der Waals surface area contributed by atoms with Crippen LogP contribution in [-0.2, 0) is 17.9 Å². The Morgan fingerprint density at radius 3 is 2.85 bits per heavy atom. The molecule has 0 aromatic carbocycles. The lowest BCUT2D eigenvalue weighted by atomic mass is 9.91. The van der Waals surface area contributed by atoms with Gasteiger partial charge in [0, 0.05) is 50.3 Å². The SMILES string of the molecule is C[C@@H](CCn1cccn1)N1CCC(CCC(=O)NCc2cccnc2)CC1. The van der Waals surface area contributed by atoms with E-state index < -0.39 is 0 Å². The molecular weight excluding hydrogens is 338 g/mol. The van der Waals surface area contributed by atoms with E-state index in [1.165, 1.54) is 12.8 Å². The van der Waals surface area contributed by atoms with Gasteiger partial charge in [0.05, 0.1) is 0 Å². The number of aromatic nitrogens is 3. The normalized spacial score (nSPS) is 16.9. The summed E-state index contributed by atoms with van der Waals surface area (Å²) in [5.41, 5.74) is 1.04. The fourth-order valence-corrected chi connectivity index (χ4v) is 3.74. The van der Waals surface area contributed by atoms with Crippen molar-refractivity contribution in [1.29, 1.82) is 0 Å². The Kier molecular flexibility index (Phi) is 7.39. The first-order chi connectivity index (χ1) is 13.2. The highest BCUT2D eigenvalue weighted by molar-refractivity contribution is 5.75. The van der Waals surface area contributed by atoms with Crippen LogP contribution in [0.2, 0.25) is 0 Å². The second-order valence-corrected chi connectivity index (χ2v) is 7.56. The monoisotopic (exact) mass is 369 g/mol. The van der Waals surface area contributed by atoms with Crippen molar-refractivity contribution in [2.45, 2.75) is 58.2 Å². The average molecular weight is 370 g/mol. The standard InChI is InChI=1S/C21H31N5O/c1-18(7-15-26-12-3-11-24-26)25-13-8-19(9-14-25)5-6-21(27)23-17-20-4-2-10-22-16-20/h2-4,10-12,16,18-19H,5-9,13-15,17H2,1H3,(H,23,27)/t18-/m0/s1. The van der Waals surface area contributed by atoms with E-state index in [0.29, 0.717) is 24.9 Å². The van der Waals surface area contributed by atoms with Crippen molar-refractivity contribution < 1.29 is 4.79 Å². The number of nitrogens with zero attached hydrogens (tertiary/aromatic N) is 4. The number of carbonyl (C=O) groups is 1. The fraction of sp³-hybridized carbons (Fsp3) is 0.571. The summed E-state index contributed by atoms with van der Waals surface area (Å²) in [6.07, 6.45) is 12.5. The molecule has 6 heteroatoms. The summed E-state index contributed by atoms with van der Waals surface area (Å²) in [6.45, 7) is 6.14. The van der Waals surface area contributed by atoms with E-state index in [0.717, 1.165) is 38.0 Å². The Labute approximate surface area is 162 Å². The number of nitrogens with one attached hydrogen (secondary N) is 1. The van der Waals surface area contributed by atoms with E-state index in [1.54, 1.807) is 12.4 Å². The number of amides is 1. The fourth-order valence-electron chi connectivity index (χ4n) is 3.74. The van der Waals surface area contributed by atoms with Gasteiger partial charge >= 0.3 is 0 Å². The van der Waals surface area contributed by atoms with Crippen molar-refractivity contribution in [2.75, 3.05) is 13.1 Å². The van der Waals surface area contributed by atoms with Crippen molar-refractivity contribution >= 4 is 5.91 Å². The summed E-state index contributed by atoms with van der Waals surface area (Å²) >= 11 is 0. The zero-order chi connectivity index (χ0) is 18.9. The molecule has 0 unspecified atom stereocenters. The summed E-state index contributed by atoms with van der Waals surface area (Å²) in [6, 6.07) is 6.43.